The highest BCUT2D eigenvalue weighted by Crippen LogP contribution is 2.32. The smallest absolute Gasteiger partial charge is 0.250 e. The summed E-state index contributed by atoms with van der Waals surface area (Å²) in [5, 5.41) is 3.51. The van der Waals surface area contributed by atoms with Crippen LogP contribution in [0.25, 0.3) is 11.4 Å². The van der Waals surface area contributed by atoms with Crippen molar-refractivity contribution < 1.29 is 13.9 Å². The fourth-order valence-electron chi connectivity index (χ4n) is 3.04. The Bertz CT molecular complexity index is 1100. The summed E-state index contributed by atoms with van der Waals surface area (Å²) in [6.45, 7) is 2.47. The lowest BCUT2D eigenvalue weighted by atomic mass is 10.1. The highest BCUT2D eigenvalue weighted by molar-refractivity contribution is 6.30. The number of amides is 1. The van der Waals surface area contributed by atoms with Crippen LogP contribution in [0.4, 0.5) is 15.9 Å². The molecule has 0 saturated heterocycles. The molecule has 3 N–H and O–H groups in total. The number of nitrogens with two attached hydrogens (primary N) is 1. The van der Waals surface area contributed by atoms with E-state index in [2.05, 4.69) is 15.3 Å². The van der Waals surface area contributed by atoms with Gasteiger partial charge < -0.3 is 15.8 Å². The monoisotopic (exact) mass is 398 g/mol. The van der Waals surface area contributed by atoms with E-state index in [1.54, 1.807) is 12.1 Å². The Morgan fingerprint density at radius 3 is 2.82 bits per heavy atom. The van der Waals surface area contributed by atoms with Crippen LogP contribution in [-0.2, 0) is 18.0 Å². The molecule has 6 nitrogen and oxygen atoms in total. The van der Waals surface area contributed by atoms with Gasteiger partial charge in [-0.2, -0.15) is 0 Å². The van der Waals surface area contributed by atoms with Crippen molar-refractivity contribution in [2.24, 2.45) is 5.73 Å². The van der Waals surface area contributed by atoms with Crippen LogP contribution in [0.15, 0.2) is 36.4 Å². The van der Waals surface area contributed by atoms with E-state index < -0.39 is 11.7 Å². The number of fused-ring (bicyclic) bond motifs is 1. The van der Waals surface area contributed by atoms with E-state index in [4.69, 9.17) is 22.1 Å². The van der Waals surface area contributed by atoms with Gasteiger partial charge >= 0.3 is 0 Å². The summed E-state index contributed by atoms with van der Waals surface area (Å²) in [5.74, 6) is -0.431. The Balaban J connectivity index is 1.83. The van der Waals surface area contributed by atoms with Crippen molar-refractivity contribution in [2.45, 2.75) is 20.1 Å². The third kappa shape index (κ3) is 3.42. The number of aryl methyl sites for hydroxylation is 1. The van der Waals surface area contributed by atoms with Crippen molar-refractivity contribution in [3.8, 4) is 11.4 Å². The van der Waals surface area contributed by atoms with Gasteiger partial charge in [0.25, 0.3) is 5.91 Å². The van der Waals surface area contributed by atoms with Gasteiger partial charge in [-0.05, 0) is 37.3 Å². The van der Waals surface area contributed by atoms with Gasteiger partial charge in [-0.1, -0.05) is 23.2 Å². The first-order valence-corrected chi connectivity index (χ1v) is 8.90. The number of anilines is 2. The second-order valence-corrected chi connectivity index (χ2v) is 6.91. The minimum atomic E-state index is -0.561. The number of primary amides is 1. The molecule has 8 heteroatoms. The highest BCUT2D eigenvalue weighted by atomic mass is 35.5. The van der Waals surface area contributed by atoms with Crippen LogP contribution in [0.1, 0.15) is 27.2 Å². The van der Waals surface area contributed by atoms with Crippen LogP contribution in [0.3, 0.4) is 0 Å². The SMILES string of the molecule is Cc1ccc(Nc2nc(-c3cc(Cl)ccc3F)nc3c2COC3)c(C(N)=O)c1. The van der Waals surface area contributed by atoms with E-state index in [1.807, 2.05) is 13.0 Å². The summed E-state index contributed by atoms with van der Waals surface area (Å²) in [6.07, 6.45) is 0. The van der Waals surface area contributed by atoms with Crippen molar-refractivity contribution in [1.29, 1.82) is 0 Å². The first-order chi connectivity index (χ1) is 13.4. The topological polar surface area (TPSA) is 90.1 Å². The number of ether oxygens (including phenoxy) is 1. The minimum Gasteiger partial charge on any atom is -0.370 e. The largest absolute Gasteiger partial charge is 0.370 e. The average Bonchev–Trinajstić information content (AvgIpc) is 3.14. The molecule has 1 amide bonds. The van der Waals surface area contributed by atoms with Crippen molar-refractivity contribution in [3.63, 3.8) is 0 Å². The summed E-state index contributed by atoms with van der Waals surface area (Å²) in [6, 6.07) is 9.49. The molecule has 2 heterocycles. The van der Waals surface area contributed by atoms with E-state index in [0.717, 1.165) is 11.1 Å². The van der Waals surface area contributed by atoms with Crippen LogP contribution < -0.4 is 11.1 Å². The molecule has 1 aliphatic rings. The standard InChI is InChI=1S/C20H16ClFN4O2/c1-10-2-5-16(13(6-10)18(23)27)24-20-14-8-28-9-17(14)25-19(26-20)12-7-11(21)3-4-15(12)22/h2-7H,8-9H2,1H3,(H2,23,27)(H,24,25,26). The van der Waals surface area contributed by atoms with Crippen molar-refractivity contribution >= 4 is 29.0 Å². The van der Waals surface area contributed by atoms with E-state index in [1.165, 1.54) is 18.2 Å². The van der Waals surface area contributed by atoms with Gasteiger partial charge in [0.1, 0.15) is 11.6 Å². The minimum absolute atomic E-state index is 0.180. The van der Waals surface area contributed by atoms with Crippen molar-refractivity contribution in [3.05, 3.63) is 69.6 Å². The lowest BCUT2D eigenvalue weighted by Crippen LogP contribution is -2.14. The third-order valence-corrected chi connectivity index (χ3v) is 4.68. The number of benzene rings is 2. The highest BCUT2D eigenvalue weighted by Gasteiger charge is 2.23. The zero-order valence-electron chi connectivity index (χ0n) is 14.9. The maximum Gasteiger partial charge on any atom is 0.250 e. The lowest BCUT2D eigenvalue weighted by molar-refractivity contribution is 0.100. The van der Waals surface area contributed by atoms with Gasteiger partial charge in [0.15, 0.2) is 5.82 Å². The number of carbonyl (C=O) groups is 1. The molecule has 28 heavy (non-hydrogen) atoms. The number of rotatable bonds is 4. The lowest BCUT2D eigenvalue weighted by Gasteiger charge is -2.14. The number of nitrogens with one attached hydrogen (secondary N) is 1. The Morgan fingerprint density at radius 2 is 2.04 bits per heavy atom. The number of hydrogen-bond donors (Lipinski definition) is 2. The van der Waals surface area contributed by atoms with Gasteiger partial charge in [-0.15, -0.1) is 0 Å². The van der Waals surface area contributed by atoms with Crippen LogP contribution in [-0.4, -0.2) is 15.9 Å². The molecule has 1 aromatic heterocycles. The molecule has 0 saturated carbocycles. The molecule has 0 radical (unpaired) electrons. The predicted molar refractivity (Wildman–Crippen MR) is 104 cm³/mol. The first kappa shape index (κ1) is 18.3. The molecule has 1 aliphatic heterocycles. The maximum atomic E-state index is 14.3. The number of hydrogen-bond acceptors (Lipinski definition) is 5. The van der Waals surface area contributed by atoms with E-state index >= 15 is 0 Å². The second-order valence-electron chi connectivity index (χ2n) is 6.48. The summed E-state index contributed by atoms with van der Waals surface area (Å²) in [4.78, 5) is 20.7. The molecule has 0 fully saturated rings. The van der Waals surface area contributed by atoms with Crippen LogP contribution in [0, 0.1) is 12.7 Å². The number of aromatic nitrogens is 2. The second kappa shape index (κ2) is 7.18. The molecule has 0 unspecified atom stereocenters. The fourth-order valence-corrected chi connectivity index (χ4v) is 3.21. The Hall–Kier alpha value is -3.03. The Labute approximate surface area is 165 Å². The zero-order valence-corrected chi connectivity index (χ0v) is 15.7. The van der Waals surface area contributed by atoms with Crippen molar-refractivity contribution in [1.82, 2.24) is 9.97 Å². The third-order valence-electron chi connectivity index (χ3n) is 4.44. The Morgan fingerprint density at radius 1 is 1.21 bits per heavy atom. The normalized spacial score (nSPS) is 12.7. The van der Waals surface area contributed by atoms with E-state index in [-0.39, 0.29) is 18.0 Å². The molecule has 4 rings (SSSR count). The number of nitrogens with zero attached hydrogens (tertiary/aromatic N) is 2. The summed E-state index contributed by atoms with van der Waals surface area (Å²) >= 11 is 6.01. The molecule has 0 bridgehead atoms. The zero-order chi connectivity index (χ0) is 19.8. The molecule has 0 aliphatic carbocycles. The summed E-state index contributed by atoms with van der Waals surface area (Å²) in [7, 11) is 0. The molecular weight excluding hydrogens is 383 g/mol. The van der Waals surface area contributed by atoms with Crippen LogP contribution in [0.5, 0.6) is 0 Å². The summed E-state index contributed by atoms with van der Waals surface area (Å²) < 4.78 is 19.8. The molecule has 142 valence electrons. The predicted octanol–water partition coefficient (Wildman–Crippen LogP) is 4.12. The fraction of sp³-hybridized carbons (Fsp3) is 0.150. The van der Waals surface area contributed by atoms with Crippen LogP contribution >= 0.6 is 11.6 Å². The Kier molecular flexibility index (Phi) is 4.70. The van der Waals surface area contributed by atoms with Gasteiger partial charge in [-0.3, -0.25) is 4.79 Å². The van der Waals surface area contributed by atoms with Gasteiger partial charge in [-0.25, -0.2) is 14.4 Å². The summed E-state index contributed by atoms with van der Waals surface area (Å²) in [5.41, 5.74) is 8.83. The molecule has 0 spiro atoms. The number of carbonyl (C=O) groups excluding carboxylic acids is 1. The molecule has 0 atom stereocenters. The first-order valence-electron chi connectivity index (χ1n) is 8.53. The van der Waals surface area contributed by atoms with Gasteiger partial charge in [0, 0.05) is 10.6 Å². The van der Waals surface area contributed by atoms with Gasteiger partial charge in [0.2, 0.25) is 0 Å². The maximum absolute atomic E-state index is 14.3. The van der Waals surface area contributed by atoms with E-state index in [9.17, 15) is 9.18 Å². The van der Waals surface area contributed by atoms with E-state index in [0.29, 0.717) is 34.4 Å². The quantitative estimate of drug-likeness (QED) is 0.690. The average molecular weight is 399 g/mol. The van der Waals surface area contributed by atoms with Crippen LogP contribution in [0.2, 0.25) is 5.02 Å². The molecule has 2 aromatic carbocycles. The van der Waals surface area contributed by atoms with Crippen molar-refractivity contribution in [2.75, 3.05) is 5.32 Å². The molecular formula is C20H16ClFN4O2. The number of halogens is 2. The van der Waals surface area contributed by atoms with Gasteiger partial charge in [0.05, 0.1) is 35.7 Å². The molecule has 3 aromatic rings.